The molecule has 0 bridgehead atoms. The van der Waals surface area contributed by atoms with Crippen LogP contribution in [0.2, 0.25) is 5.02 Å². The first-order valence-corrected chi connectivity index (χ1v) is 12.5. The Morgan fingerprint density at radius 1 is 0.867 bits per heavy atom. The van der Waals surface area contributed by atoms with E-state index in [9.17, 15) is 0 Å². The second-order valence-corrected chi connectivity index (χ2v) is 9.39. The van der Waals surface area contributed by atoms with Crippen LogP contribution in [0.25, 0.3) is 11.1 Å². The van der Waals surface area contributed by atoms with E-state index in [1.807, 2.05) is 6.07 Å². The second-order valence-electron chi connectivity index (χ2n) is 8.98. The summed E-state index contributed by atoms with van der Waals surface area (Å²) in [6.07, 6.45) is 14.3. The van der Waals surface area contributed by atoms with Gasteiger partial charge in [-0.05, 0) is 67.7 Å². The van der Waals surface area contributed by atoms with Crippen LogP contribution in [-0.4, -0.2) is 0 Å². The molecule has 160 valence electrons. The van der Waals surface area contributed by atoms with Gasteiger partial charge in [-0.15, -0.1) is 0 Å². The van der Waals surface area contributed by atoms with Crippen LogP contribution in [0, 0.1) is 23.7 Å². The van der Waals surface area contributed by atoms with E-state index in [1.54, 1.807) is 0 Å². The van der Waals surface area contributed by atoms with Crippen LogP contribution in [-0.2, 0) is 6.42 Å². The van der Waals surface area contributed by atoms with Gasteiger partial charge in [0, 0.05) is 22.1 Å². The summed E-state index contributed by atoms with van der Waals surface area (Å²) in [4.78, 5) is 0. The molecular formula is C29H37Cl. The molecule has 3 rings (SSSR count). The topological polar surface area (TPSA) is 0 Å². The Morgan fingerprint density at radius 2 is 1.60 bits per heavy atom. The van der Waals surface area contributed by atoms with Crippen LogP contribution >= 0.6 is 11.6 Å². The van der Waals surface area contributed by atoms with Crippen molar-refractivity contribution >= 4 is 11.6 Å². The van der Waals surface area contributed by atoms with E-state index >= 15 is 0 Å². The Labute approximate surface area is 189 Å². The number of unbranched alkanes of at least 4 members (excludes halogenated alkanes) is 3. The highest BCUT2D eigenvalue weighted by Crippen LogP contribution is 2.32. The highest BCUT2D eigenvalue weighted by Gasteiger charge is 2.19. The van der Waals surface area contributed by atoms with E-state index in [0.717, 1.165) is 28.5 Å². The normalized spacial score (nSPS) is 18.6. The van der Waals surface area contributed by atoms with E-state index in [-0.39, 0.29) is 0 Å². The van der Waals surface area contributed by atoms with Crippen LogP contribution < -0.4 is 0 Å². The molecule has 0 N–H and O–H groups in total. The molecule has 1 fully saturated rings. The lowest BCUT2D eigenvalue weighted by Crippen LogP contribution is -2.13. The van der Waals surface area contributed by atoms with E-state index in [0.29, 0.717) is 5.92 Å². The molecule has 1 aliphatic carbocycles. The molecule has 0 amide bonds. The predicted octanol–water partition coefficient (Wildman–Crippen LogP) is 9.09. The third kappa shape index (κ3) is 6.92. The fraction of sp³-hybridized carbons (Fsp3) is 0.517. The molecule has 1 aliphatic rings. The predicted molar refractivity (Wildman–Crippen MR) is 132 cm³/mol. The summed E-state index contributed by atoms with van der Waals surface area (Å²) in [5, 5.41) is 0.795. The smallest absolute Gasteiger partial charge is 0.0496 e. The summed E-state index contributed by atoms with van der Waals surface area (Å²) < 4.78 is 0. The quantitative estimate of drug-likeness (QED) is 0.295. The number of hydrogen-bond donors (Lipinski definition) is 0. The molecule has 0 atom stereocenters. The number of aryl methyl sites for hydroxylation is 1. The zero-order valence-electron chi connectivity index (χ0n) is 18.9. The fourth-order valence-electron chi connectivity index (χ4n) is 4.53. The molecule has 0 heterocycles. The van der Waals surface area contributed by atoms with Gasteiger partial charge in [0.15, 0.2) is 0 Å². The maximum Gasteiger partial charge on any atom is 0.0496 e. The molecule has 30 heavy (non-hydrogen) atoms. The third-order valence-corrected chi connectivity index (χ3v) is 6.85. The van der Waals surface area contributed by atoms with Gasteiger partial charge in [-0.2, -0.15) is 0 Å². The molecule has 0 spiro atoms. The third-order valence-electron chi connectivity index (χ3n) is 6.54. The standard InChI is InChI=1S/C29H37Cl/c1-3-5-7-9-24-16-19-27(20-17-24)28-21-18-26(22-29(28)30)15-14-25-12-10-23(11-13-25)8-6-4-2/h16-23,25H,3-13H2,1-2H3. The average molecular weight is 421 g/mol. The van der Waals surface area contributed by atoms with Gasteiger partial charge in [0.2, 0.25) is 0 Å². The maximum absolute atomic E-state index is 6.63. The zero-order valence-corrected chi connectivity index (χ0v) is 19.6. The highest BCUT2D eigenvalue weighted by atomic mass is 35.5. The van der Waals surface area contributed by atoms with Gasteiger partial charge in [-0.3, -0.25) is 0 Å². The van der Waals surface area contributed by atoms with E-state index in [1.165, 1.54) is 75.3 Å². The van der Waals surface area contributed by atoms with Crippen LogP contribution in [0.15, 0.2) is 42.5 Å². The number of rotatable bonds is 8. The molecule has 0 saturated heterocycles. The molecule has 0 unspecified atom stereocenters. The molecule has 2 aromatic carbocycles. The monoisotopic (exact) mass is 420 g/mol. The van der Waals surface area contributed by atoms with E-state index in [4.69, 9.17) is 11.6 Å². The Hall–Kier alpha value is -1.71. The molecule has 0 aliphatic heterocycles. The first-order chi connectivity index (χ1) is 14.7. The molecule has 0 nitrogen and oxygen atoms in total. The van der Waals surface area contributed by atoms with Gasteiger partial charge in [-0.1, -0.05) is 99.7 Å². The lowest BCUT2D eigenvalue weighted by atomic mass is 9.80. The first-order valence-electron chi connectivity index (χ1n) is 12.1. The Balaban J connectivity index is 1.58. The van der Waals surface area contributed by atoms with E-state index in [2.05, 4.69) is 62.1 Å². The average Bonchev–Trinajstić information content (AvgIpc) is 2.78. The van der Waals surface area contributed by atoms with Crippen LogP contribution in [0.3, 0.4) is 0 Å². The lowest BCUT2D eigenvalue weighted by molar-refractivity contribution is 0.296. The maximum atomic E-state index is 6.63. The minimum Gasteiger partial charge on any atom is -0.0945 e. The summed E-state index contributed by atoms with van der Waals surface area (Å²) in [5.41, 5.74) is 4.73. The van der Waals surface area contributed by atoms with Gasteiger partial charge in [0.05, 0.1) is 0 Å². The Kier molecular flexibility index (Phi) is 9.35. The Morgan fingerprint density at radius 3 is 2.27 bits per heavy atom. The lowest BCUT2D eigenvalue weighted by Gasteiger charge is -2.25. The van der Waals surface area contributed by atoms with Crippen molar-refractivity contribution in [3.63, 3.8) is 0 Å². The summed E-state index contributed by atoms with van der Waals surface area (Å²) in [7, 11) is 0. The van der Waals surface area contributed by atoms with Crippen molar-refractivity contribution in [3.05, 3.63) is 58.6 Å². The summed E-state index contributed by atoms with van der Waals surface area (Å²) in [6, 6.07) is 15.2. The minimum absolute atomic E-state index is 0.557. The van der Waals surface area contributed by atoms with Crippen molar-refractivity contribution in [1.82, 2.24) is 0 Å². The van der Waals surface area contributed by atoms with Crippen molar-refractivity contribution in [3.8, 4) is 23.0 Å². The SMILES string of the molecule is CCCCCc1ccc(-c2ccc(C#CC3CCC(CCCC)CC3)cc2Cl)cc1. The second kappa shape index (κ2) is 12.2. The molecule has 2 aromatic rings. The van der Waals surface area contributed by atoms with Crippen molar-refractivity contribution < 1.29 is 0 Å². The van der Waals surface area contributed by atoms with Crippen molar-refractivity contribution in [2.45, 2.75) is 84.5 Å². The molecule has 0 aromatic heterocycles. The van der Waals surface area contributed by atoms with Gasteiger partial charge < -0.3 is 0 Å². The fourth-order valence-corrected chi connectivity index (χ4v) is 4.82. The number of hydrogen-bond acceptors (Lipinski definition) is 0. The number of benzene rings is 2. The van der Waals surface area contributed by atoms with Crippen molar-refractivity contribution in [2.24, 2.45) is 11.8 Å². The largest absolute Gasteiger partial charge is 0.0945 e. The summed E-state index contributed by atoms with van der Waals surface area (Å²) >= 11 is 6.63. The van der Waals surface area contributed by atoms with Crippen molar-refractivity contribution in [1.29, 1.82) is 0 Å². The van der Waals surface area contributed by atoms with Gasteiger partial charge in [0.25, 0.3) is 0 Å². The van der Waals surface area contributed by atoms with Gasteiger partial charge in [0.1, 0.15) is 0 Å². The van der Waals surface area contributed by atoms with Crippen LogP contribution in [0.5, 0.6) is 0 Å². The van der Waals surface area contributed by atoms with Crippen molar-refractivity contribution in [2.75, 3.05) is 0 Å². The Bertz CT molecular complexity index is 829. The summed E-state index contributed by atoms with van der Waals surface area (Å²) in [6.45, 7) is 4.54. The van der Waals surface area contributed by atoms with Crippen LogP contribution in [0.4, 0.5) is 0 Å². The summed E-state index contributed by atoms with van der Waals surface area (Å²) in [5.74, 6) is 8.42. The van der Waals surface area contributed by atoms with Crippen LogP contribution in [0.1, 0.15) is 89.2 Å². The zero-order chi connectivity index (χ0) is 21.2. The molecule has 0 radical (unpaired) electrons. The number of halogens is 1. The molecule has 1 heteroatoms. The minimum atomic E-state index is 0.557. The molecular weight excluding hydrogens is 384 g/mol. The van der Waals surface area contributed by atoms with Gasteiger partial charge in [-0.25, -0.2) is 0 Å². The highest BCUT2D eigenvalue weighted by molar-refractivity contribution is 6.33. The molecule has 1 saturated carbocycles. The first kappa shape index (κ1) is 23.0. The van der Waals surface area contributed by atoms with Gasteiger partial charge >= 0.3 is 0 Å². The van der Waals surface area contributed by atoms with E-state index < -0.39 is 0 Å².